The standard InChI is InChI=1S/C76H83B27/c1-20-25-28-29-30-31-32-34-37-54-52(19)58-47(14)48(15)59(57(38-33-26-21-2)67(58)66-56(36-27-22-3)55(35-23-4)53(24-5)51(18)60(54)66)68-61-43(10)39(6)41(8)45(12)63(61)69(64-46(13)42(9)40(7)44(11)62(64)68)65-49(16)50(17)72(77)71-70(65)73(94(80)98(81)82)75(95(92-78)99(83)84)76(96(100(85)86)101(87)88)74(71)97(102(89)90)103(91)93-79/h1,3,5,92-93H,77-91H2,2,4,6-19H3. The molecule has 0 saturated carbocycles. The summed E-state index contributed by atoms with van der Waals surface area (Å²) >= 11 is 0. The van der Waals surface area contributed by atoms with Gasteiger partial charge in [0.25, 0.3) is 0 Å². The molecule has 8 aromatic carbocycles. The Kier molecular flexibility index (Phi) is 25.8. The van der Waals surface area contributed by atoms with E-state index in [-0.39, 0.29) is 6.49 Å². The van der Waals surface area contributed by atoms with E-state index in [1.165, 1.54) is 110 Å². The Hall–Kier alpha value is -8.03. The molecule has 0 atom stereocenters. The number of benzene rings is 8. The minimum Gasteiger partial charge on any atom is -0.115 e. The molecule has 8 rings (SSSR count). The molecule has 0 unspecified atom stereocenters. The molecule has 0 fully saturated rings. The molecule has 0 nitrogen and oxygen atoms in total. The van der Waals surface area contributed by atoms with Crippen molar-refractivity contribution >= 4 is 276 Å². The van der Waals surface area contributed by atoms with Gasteiger partial charge in [-0.25, -0.2) is 0 Å². The molecule has 103 heavy (non-hydrogen) atoms. The molecule has 8 aromatic rings. The van der Waals surface area contributed by atoms with E-state index in [1.54, 1.807) is 21.9 Å². The Bertz CT molecular complexity index is 5630. The topological polar surface area (TPSA) is 0 Å². The molecular weight excluding hydrogens is 1200 g/mol. The van der Waals surface area contributed by atoms with Gasteiger partial charge < -0.3 is 0 Å². The van der Waals surface area contributed by atoms with Crippen LogP contribution in [0.15, 0.2) is 0 Å². The third kappa shape index (κ3) is 13.8. The highest BCUT2D eigenvalue weighted by Crippen LogP contribution is 2.55. The molecule has 0 radical (unpaired) electrons. The number of rotatable bonds is 14. The Balaban J connectivity index is 1.93. The summed E-state index contributed by atoms with van der Waals surface area (Å²) in [5.74, 6) is 58.3. The lowest BCUT2D eigenvalue weighted by atomic mass is 8.66. The highest BCUT2D eigenvalue weighted by molar-refractivity contribution is 7.89. The summed E-state index contributed by atoms with van der Waals surface area (Å²) in [7, 11) is 39.8. The smallest absolute Gasteiger partial charge is 0.115 e. The van der Waals surface area contributed by atoms with Gasteiger partial charge in [-0.3, -0.25) is 0 Å². The number of fused-ring (bicyclic) bond motifs is 6. The molecule has 0 aromatic heterocycles. The maximum Gasteiger partial charge on any atom is 0.140 e. The van der Waals surface area contributed by atoms with Gasteiger partial charge in [0.15, 0.2) is 0 Å². The van der Waals surface area contributed by atoms with Crippen LogP contribution in [0.3, 0.4) is 0 Å². The van der Waals surface area contributed by atoms with E-state index in [0.29, 0.717) is 74.5 Å². The van der Waals surface area contributed by atoms with Crippen LogP contribution in [0.25, 0.3) is 76.1 Å². The first kappa shape index (κ1) is 80.7. The van der Waals surface area contributed by atoms with Gasteiger partial charge in [-0.05, 0) is 309 Å². The van der Waals surface area contributed by atoms with Gasteiger partial charge in [-0.1, -0.05) is 57.5 Å². The lowest BCUT2D eigenvalue weighted by Gasteiger charge is -2.41. The van der Waals surface area contributed by atoms with Crippen LogP contribution in [0.4, 0.5) is 0 Å². The van der Waals surface area contributed by atoms with Crippen LogP contribution >= 0.6 is 0 Å². The van der Waals surface area contributed by atoms with E-state index in [2.05, 4.69) is 326 Å². The third-order valence-electron chi connectivity index (χ3n) is 24.5. The Morgan fingerprint density at radius 2 is 0.728 bits per heavy atom. The van der Waals surface area contributed by atoms with Crippen molar-refractivity contribution in [1.82, 2.24) is 0 Å². The molecular formula is C76H83B27. The average molecular weight is 1290 g/mol. The molecule has 0 aliphatic carbocycles. The fraction of sp³-hybridized carbons (Fsp3) is 0.211. The Labute approximate surface area is 641 Å². The quantitative estimate of drug-likeness (QED) is 0.0441. The van der Waals surface area contributed by atoms with Crippen molar-refractivity contribution in [1.29, 1.82) is 0 Å². The van der Waals surface area contributed by atoms with Crippen molar-refractivity contribution in [2.75, 3.05) is 0 Å². The van der Waals surface area contributed by atoms with Gasteiger partial charge in [0, 0.05) is 83.8 Å². The van der Waals surface area contributed by atoms with Gasteiger partial charge in [0.2, 0.25) is 0 Å². The second kappa shape index (κ2) is 33.0. The monoisotopic (exact) mass is 1290 g/mol. The lowest BCUT2D eigenvalue weighted by Crippen LogP contribution is -2.80. The van der Waals surface area contributed by atoms with E-state index in [4.69, 9.17) is 19.3 Å². The first-order chi connectivity index (χ1) is 48.7. The normalized spacial score (nSPS) is 10.1. The predicted octanol–water partition coefficient (Wildman–Crippen LogP) is -7.16. The fourth-order valence-electron chi connectivity index (χ4n) is 18.3. The maximum atomic E-state index is 6.65. The number of aryl methyl sites for hydroxylation is 7. The molecule has 0 amide bonds. The SMILES string of the molecule is BBB(B)B(B(B)B)c1c(B(B(B)B)B(B)B)c(B(BB)B(B)B)c(B(B)B(B)B)c2c(-c3c4c(C)c(C)c(C)c(C)c4c(-c4c(C)c(C)c5c(C)c(C#CC#CC#CC#CC#C)c6c(C)c(C#C)c(C#CC)c(C#CC#C)c6c5c4C#CC#CC)c4c(C)c(C)c(C)c(C)c34)c(C)c(C)c(B)c12. The van der Waals surface area contributed by atoms with Crippen LogP contribution in [0.1, 0.15) is 120 Å². The van der Waals surface area contributed by atoms with E-state index in [0.717, 1.165) is 74.6 Å². The van der Waals surface area contributed by atoms with E-state index < -0.39 is 0 Å². The molecule has 0 N–H and O–H groups in total. The molecule has 0 aliphatic heterocycles. The van der Waals surface area contributed by atoms with Gasteiger partial charge in [0.1, 0.15) is 7.85 Å². The van der Waals surface area contributed by atoms with Crippen LogP contribution < -0.4 is 27.3 Å². The summed E-state index contributed by atoms with van der Waals surface area (Å²) < 4.78 is 0. The third-order valence-corrected chi connectivity index (χ3v) is 24.5. The van der Waals surface area contributed by atoms with Crippen LogP contribution in [0.2, 0.25) is 0 Å². The van der Waals surface area contributed by atoms with Crippen molar-refractivity contribution in [3.05, 3.63) is 106 Å². The second-order valence-corrected chi connectivity index (χ2v) is 31.3. The summed E-state index contributed by atoms with van der Waals surface area (Å²) in [6.07, 6.45) is 20.6. The fourth-order valence-corrected chi connectivity index (χ4v) is 18.3. The zero-order valence-corrected chi connectivity index (χ0v) is 68.4. The lowest BCUT2D eigenvalue weighted by molar-refractivity contribution is 1.24. The van der Waals surface area contributed by atoms with Crippen LogP contribution in [0, 0.1) is 229 Å². The number of hydrogen-bond donors (Lipinski definition) is 0. The highest BCUT2D eigenvalue weighted by Gasteiger charge is 2.44. The van der Waals surface area contributed by atoms with Crippen molar-refractivity contribution in [2.45, 2.75) is 111 Å². The zero-order valence-electron chi connectivity index (χ0n) is 68.4. The minimum absolute atomic E-state index is 0.210. The minimum atomic E-state index is 0.210. The van der Waals surface area contributed by atoms with Crippen LogP contribution in [0.5, 0.6) is 0 Å². The van der Waals surface area contributed by atoms with Gasteiger partial charge in [0.05, 0.1) is 152 Å². The Morgan fingerprint density at radius 3 is 1.17 bits per heavy atom. The number of terminal acetylenes is 3. The summed E-state index contributed by atoms with van der Waals surface area (Å²) in [6, 6.07) is 0. The summed E-state index contributed by atoms with van der Waals surface area (Å²) in [4.78, 5) is 0. The maximum absolute atomic E-state index is 6.65. The first-order valence-electron chi connectivity index (χ1n) is 37.7. The van der Waals surface area contributed by atoms with Crippen LogP contribution in [-0.4, -0.2) is 195 Å². The average Bonchev–Trinajstić information content (AvgIpc) is 0.685. The number of hydrogen-bond acceptors (Lipinski definition) is 0. The van der Waals surface area contributed by atoms with Crippen molar-refractivity contribution < 1.29 is 0 Å². The predicted molar refractivity (Wildman–Crippen MR) is 525 cm³/mol. The van der Waals surface area contributed by atoms with E-state index >= 15 is 0 Å². The molecule has 0 heterocycles. The second-order valence-electron chi connectivity index (χ2n) is 31.3. The first-order valence-corrected chi connectivity index (χ1v) is 37.7. The van der Waals surface area contributed by atoms with E-state index in [1.807, 2.05) is 13.8 Å². The Morgan fingerprint density at radius 1 is 0.291 bits per heavy atom. The summed E-state index contributed by atoms with van der Waals surface area (Å²) in [6.45, 7) is 37.7. The summed E-state index contributed by atoms with van der Waals surface area (Å²) in [5.41, 5.74) is 33.2. The summed E-state index contributed by atoms with van der Waals surface area (Å²) in [5, 5.41) is 11.6. The molecule has 0 bridgehead atoms. The molecule has 0 aliphatic rings. The van der Waals surface area contributed by atoms with Crippen molar-refractivity contribution in [2.24, 2.45) is 0 Å². The molecule has 468 valence electrons. The molecule has 0 saturated heterocycles. The van der Waals surface area contributed by atoms with Gasteiger partial charge >= 0.3 is 0 Å². The highest BCUT2D eigenvalue weighted by atomic mass is 14.3. The van der Waals surface area contributed by atoms with Crippen LogP contribution in [-0.2, 0) is 0 Å². The van der Waals surface area contributed by atoms with Crippen molar-refractivity contribution in [3.8, 4) is 154 Å². The van der Waals surface area contributed by atoms with Crippen molar-refractivity contribution in [3.63, 3.8) is 0 Å². The zero-order chi connectivity index (χ0) is 76.6. The van der Waals surface area contributed by atoms with Gasteiger partial charge in [-0.15, -0.1) is 36.1 Å². The molecule has 27 heteroatoms. The molecule has 0 spiro atoms. The largest absolute Gasteiger partial charge is 0.140 e. The van der Waals surface area contributed by atoms with Gasteiger partial charge in [-0.2, -0.15) is 0 Å². The van der Waals surface area contributed by atoms with E-state index in [9.17, 15) is 0 Å².